The molecular formula is C20H22N2O2. The van der Waals surface area contributed by atoms with Gasteiger partial charge in [0.1, 0.15) is 11.5 Å². The van der Waals surface area contributed by atoms with E-state index in [1.165, 1.54) is 0 Å². The van der Waals surface area contributed by atoms with Gasteiger partial charge in [-0.1, -0.05) is 30.3 Å². The minimum atomic E-state index is 0.551. The number of oxazole rings is 1. The molecule has 2 N–H and O–H groups in total. The van der Waals surface area contributed by atoms with Crippen molar-refractivity contribution < 1.29 is 9.15 Å². The first kappa shape index (κ1) is 16.3. The molecule has 2 aromatic carbocycles. The van der Waals surface area contributed by atoms with Crippen molar-refractivity contribution in [1.82, 2.24) is 4.98 Å². The monoisotopic (exact) mass is 322 g/mol. The Morgan fingerprint density at radius 1 is 1.04 bits per heavy atom. The highest BCUT2D eigenvalue weighted by Gasteiger charge is 2.10. The van der Waals surface area contributed by atoms with Crippen LogP contribution in [0.25, 0.3) is 11.5 Å². The van der Waals surface area contributed by atoms with Crippen LogP contribution in [-0.2, 0) is 13.0 Å². The summed E-state index contributed by atoms with van der Waals surface area (Å²) in [6.45, 7) is 3.16. The molecule has 0 amide bonds. The number of benzene rings is 2. The summed E-state index contributed by atoms with van der Waals surface area (Å²) in [5.41, 5.74) is 8.69. The summed E-state index contributed by atoms with van der Waals surface area (Å²) in [6.07, 6.45) is 1.73. The lowest BCUT2D eigenvalue weighted by Crippen LogP contribution is -2.01. The van der Waals surface area contributed by atoms with Crippen LogP contribution in [0.3, 0.4) is 0 Å². The molecule has 0 fully saturated rings. The van der Waals surface area contributed by atoms with Crippen LogP contribution in [-0.4, -0.2) is 11.6 Å². The Morgan fingerprint density at radius 3 is 2.50 bits per heavy atom. The molecule has 0 aliphatic rings. The van der Waals surface area contributed by atoms with Crippen LogP contribution < -0.4 is 10.5 Å². The van der Waals surface area contributed by atoms with Crippen molar-refractivity contribution in [3.8, 4) is 17.2 Å². The van der Waals surface area contributed by atoms with E-state index in [-0.39, 0.29) is 0 Å². The second-order valence-corrected chi connectivity index (χ2v) is 5.69. The van der Waals surface area contributed by atoms with Crippen molar-refractivity contribution in [3.05, 3.63) is 71.6 Å². The van der Waals surface area contributed by atoms with E-state index in [4.69, 9.17) is 14.9 Å². The standard InChI is InChI=1S/C20H22N2O2/c1-15-19(22-20(24-15)17-6-3-2-4-7-17)8-5-13-23-18-11-9-16(14-21)10-12-18/h2-4,6-7,9-12H,5,8,13-14,21H2,1H3. The quantitative estimate of drug-likeness (QED) is 0.665. The molecule has 0 saturated carbocycles. The SMILES string of the molecule is Cc1oc(-c2ccccc2)nc1CCCOc1ccc(CN)cc1. The van der Waals surface area contributed by atoms with Gasteiger partial charge in [-0.15, -0.1) is 0 Å². The van der Waals surface area contributed by atoms with E-state index in [9.17, 15) is 0 Å². The molecule has 0 radical (unpaired) electrons. The molecule has 0 spiro atoms. The van der Waals surface area contributed by atoms with E-state index in [1.807, 2.05) is 61.5 Å². The van der Waals surface area contributed by atoms with Crippen molar-refractivity contribution >= 4 is 0 Å². The average molecular weight is 322 g/mol. The number of aryl methyl sites for hydroxylation is 2. The fraction of sp³-hybridized carbons (Fsp3) is 0.250. The third kappa shape index (κ3) is 4.03. The number of nitrogens with zero attached hydrogens (tertiary/aromatic N) is 1. The zero-order chi connectivity index (χ0) is 16.8. The first-order valence-corrected chi connectivity index (χ1v) is 8.20. The molecule has 3 rings (SSSR count). The number of rotatable bonds is 7. The van der Waals surface area contributed by atoms with Crippen LogP contribution >= 0.6 is 0 Å². The second-order valence-electron chi connectivity index (χ2n) is 5.69. The van der Waals surface area contributed by atoms with E-state index in [2.05, 4.69) is 4.98 Å². The van der Waals surface area contributed by atoms with Crippen LogP contribution in [0, 0.1) is 6.92 Å². The van der Waals surface area contributed by atoms with E-state index in [0.29, 0.717) is 19.0 Å². The molecule has 0 saturated heterocycles. The van der Waals surface area contributed by atoms with E-state index in [1.54, 1.807) is 0 Å². The fourth-order valence-electron chi connectivity index (χ4n) is 2.52. The van der Waals surface area contributed by atoms with Gasteiger partial charge in [-0.3, -0.25) is 0 Å². The average Bonchev–Trinajstić information content (AvgIpc) is 3.01. The topological polar surface area (TPSA) is 61.3 Å². The summed E-state index contributed by atoms with van der Waals surface area (Å²) in [7, 11) is 0. The van der Waals surface area contributed by atoms with Crippen LogP contribution in [0.2, 0.25) is 0 Å². The van der Waals surface area contributed by atoms with Crippen molar-refractivity contribution in [2.45, 2.75) is 26.3 Å². The first-order valence-electron chi connectivity index (χ1n) is 8.20. The second kappa shape index (κ2) is 7.79. The molecule has 3 aromatic rings. The molecule has 0 bridgehead atoms. The van der Waals surface area contributed by atoms with E-state index in [0.717, 1.165) is 41.2 Å². The van der Waals surface area contributed by atoms with Gasteiger partial charge in [0.05, 0.1) is 12.3 Å². The molecular weight excluding hydrogens is 300 g/mol. The normalized spacial score (nSPS) is 10.8. The predicted octanol–water partition coefficient (Wildman–Crippen LogP) is 4.12. The largest absolute Gasteiger partial charge is 0.494 e. The van der Waals surface area contributed by atoms with Crippen molar-refractivity contribution in [2.75, 3.05) is 6.61 Å². The summed E-state index contributed by atoms with van der Waals surface area (Å²) in [6, 6.07) is 17.8. The van der Waals surface area contributed by atoms with Gasteiger partial charge >= 0.3 is 0 Å². The lowest BCUT2D eigenvalue weighted by molar-refractivity contribution is 0.310. The lowest BCUT2D eigenvalue weighted by Gasteiger charge is -2.06. The zero-order valence-electron chi connectivity index (χ0n) is 13.9. The molecule has 0 unspecified atom stereocenters. The Hall–Kier alpha value is -2.59. The summed E-state index contributed by atoms with van der Waals surface area (Å²) >= 11 is 0. The molecule has 24 heavy (non-hydrogen) atoms. The molecule has 1 heterocycles. The Morgan fingerprint density at radius 2 is 1.79 bits per heavy atom. The predicted molar refractivity (Wildman–Crippen MR) is 94.8 cm³/mol. The maximum absolute atomic E-state index is 5.78. The van der Waals surface area contributed by atoms with E-state index < -0.39 is 0 Å². The van der Waals surface area contributed by atoms with Gasteiger partial charge in [0.2, 0.25) is 5.89 Å². The summed E-state index contributed by atoms with van der Waals surface area (Å²) in [5, 5.41) is 0. The highest BCUT2D eigenvalue weighted by Crippen LogP contribution is 2.22. The summed E-state index contributed by atoms with van der Waals surface area (Å²) in [4.78, 5) is 4.61. The zero-order valence-corrected chi connectivity index (χ0v) is 13.9. The maximum atomic E-state index is 5.78. The summed E-state index contributed by atoms with van der Waals surface area (Å²) in [5.74, 6) is 2.43. The molecule has 4 heteroatoms. The number of ether oxygens (including phenoxy) is 1. The number of hydrogen-bond acceptors (Lipinski definition) is 4. The minimum Gasteiger partial charge on any atom is -0.494 e. The number of nitrogens with two attached hydrogens (primary N) is 1. The summed E-state index contributed by atoms with van der Waals surface area (Å²) < 4.78 is 11.5. The molecule has 0 aliphatic carbocycles. The molecule has 1 aromatic heterocycles. The third-order valence-electron chi connectivity index (χ3n) is 3.90. The number of aromatic nitrogens is 1. The van der Waals surface area contributed by atoms with Gasteiger partial charge < -0.3 is 14.9 Å². The lowest BCUT2D eigenvalue weighted by atomic mass is 10.2. The first-order chi connectivity index (χ1) is 11.8. The molecule has 124 valence electrons. The van der Waals surface area contributed by atoms with Crippen molar-refractivity contribution in [1.29, 1.82) is 0 Å². The van der Waals surface area contributed by atoms with Gasteiger partial charge in [-0.05, 0) is 49.6 Å². The molecule has 4 nitrogen and oxygen atoms in total. The Balaban J connectivity index is 1.52. The van der Waals surface area contributed by atoms with Crippen molar-refractivity contribution in [3.63, 3.8) is 0 Å². The number of hydrogen-bond donors (Lipinski definition) is 1. The Labute approximate surface area is 142 Å². The highest BCUT2D eigenvalue weighted by molar-refractivity contribution is 5.53. The van der Waals surface area contributed by atoms with E-state index >= 15 is 0 Å². The van der Waals surface area contributed by atoms with Gasteiger partial charge in [0, 0.05) is 12.1 Å². The van der Waals surface area contributed by atoms with Gasteiger partial charge in [0.15, 0.2) is 0 Å². The van der Waals surface area contributed by atoms with Crippen LogP contribution in [0.15, 0.2) is 59.0 Å². The Bertz CT molecular complexity index is 764. The highest BCUT2D eigenvalue weighted by atomic mass is 16.5. The van der Waals surface area contributed by atoms with Crippen molar-refractivity contribution in [2.24, 2.45) is 5.73 Å². The molecule has 0 aliphatic heterocycles. The van der Waals surface area contributed by atoms with Crippen LogP contribution in [0.5, 0.6) is 5.75 Å². The third-order valence-corrected chi connectivity index (χ3v) is 3.90. The van der Waals surface area contributed by atoms with Gasteiger partial charge in [-0.25, -0.2) is 4.98 Å². The Kier molecular flexibility index (Phi) is 5.29. The molecule has 0 atom stereocenters. The smallest absolute Gasteiger partial charge is 0.226 e. The van der Waals surface area contributed by atoms with Crippen LogP contribution in [0.1, 0.15) is 23.4 Å². The van der Waals surface area contributed by atoms with Gasteiger partial charge in [-0.2, -0.15) is 0 Å². The minimum absolute atomic E-state index is 0.551. The maximum Gasteiger partial charge on any atom is 0.226 e. The van der Waals surface area contributed by atoms with Crippen LogP contribution in [0.4, 0.5) is 0 Å². The van der Waals surface area contributed by atoms with Gasteiger partial charge in [0.25, 0.3) is 0 Å². The fourth-order valence-corrected chi connectivity index (χ4v) is 2.52.